The van der Waals surface area contributed by atoms with E-state index in [1.54, 1.807) is 0 Å². The van der Waals surface area contributed by atoms with Crippen molar-refractivity contribution in [2.24, 2.45) is 0 Å². The molecule has 1 heterocycles. The zero-order valence-electron chi connectivity index (χ0n) is 11.6. The normalized spacial score (nSPS) is 13.0. The number of benzene rings is 3. The molecule has 2 nitrogen and oxygen atoms in total. The smallest absolute Gasteiger partial charge is 0.367 e. The molecule has 4 rings (SSSR count). The van der Waals surface area contributed by atoms with Crippen molar-refractivity contribution in [1.29, 1.82) is 0 Å². The molecule has 3 aromatic rings. The van der Waals surface area contributed by atoms with Gasteiger partial charge in [0.2, 0.25) is 0 Å². The van der Waals surface area contributed by atoms with Crippen LogP contribution < -0.4 is 9.62 Å². The maximum Gasteiger partial charge on any atom is 0.401 e. The van der Waals surface area contributed by atoms with Crippen LogP contribution in [0.2, 0.25) is 0 Å². The van der Waals surface area contributed by atoms with Gasteiger partial charge in [0.15, 0.2) is 0 Å². The summed E-state index contributed by atoms with van der Waals surface area (Å²) in [4.78, 5) is 4.45. The van der Waals surface area contributed by atoms with E-state index in [2.05, 4.69) is 90.0 Å². The van der Waals surface area contributed by atoms with E-state index in [4.69, 9.17) is 0 Å². The third-order valence-electron chi connectivity index (χ3n) is 3.70. The summed E-state index contributed by atoms with van der Waals surface area (Å²) in [6, 6.07) is 29.3. The van der Waals surface area contributed by atoms with Crippen LogP contribution in [0, 0.1) is 0 Å². The molecule has 0 aromatic heterocycles. The van der Waals surface area contributed by atoms with Gasteiger partial charge in [0, 0.05) is 11.4 Å². The molecule has 99 valence electrons. The minimum Gasteiger partial charge on any atom is -0.367 e. The van der Waals surface area contributed by atoms with Crippen molar-refractivity contribution in [2.45, 2.75) is 0 Å². The highest BCUT2D eigenvalue weighted by atomic mass is 15.3. The number of anilines is 4. The second-order valence-corrected chi connectivity index (χ2v) is 5.02. The third kappa shape index (κ3) is 2.07. The number of para-hydroxylation sites is 4. The molecule has 0 spiro atoms. The molecular formula is C18H14BN2. The monoisotopic (exact) mass is 269 g/mol. The standard InChI is InChI=1S/C18H14BN2/c1-3-9-15(10-4-1)20-17-13-7-8-14-18(17)21(19-20)16-11-5-2-6-12-16/h1-14H. The molecule has 0 fully saturated rings. The summed E-state index contributed by atoms with van der Waals surface area (Å²) in [5, 5.41) is 0. The SMILES string of the molecule is [B]1N(c2ccccc2)c2ccccc2N1c1ccccc1. The van der Waals surface area contributed by atoms with Crippen LogP contribution in [-0.2, 0) is 0 Å². The van der Waals surface area contributed by atoms with Gasteiger partial charge in [-0.25, -0.2) is 0 Å². The van der Waals surface area contributed by atoms with Crippen LogP contribution in [0.4, 0.5) is 22.7 Å². The highest BCUT2D eigenvalue weighted by Crippen LogP contribution is 2.42. The van der Waals surface area contributed by atoms with Gasteiger partial charge in [0.25, 0.3) is 0 Å². The van der Waals surface area contributed by atoms with Gasteiger partial charge < -0.3 is 9.62 Å². The van der Waals surface area contributed by atoms with Gasteiger partial charge in [-0.3, -0.25) is 0 Å². The van der Waals surface area contributed by atoms with Crippen molar-refractivity contribution >= 4 is 30.3 Å². The fourth-order valence-corrected chi connectivity index (χ4v) is 2.70. The quantitative estimate of drug-likeness (QED) is 0.631. The molecule has 0 atom stereocenters. The fraction of sp³-hybridized carbons (Fsp3) is 0. The van der Waals surface area contributed by atoms with Gasteiger partial charge in [0.05, 0.1) is 11.4 Å². The van der Waals surface area contributed by atoms with Crippen LogP contribution in [0.15, 0.2) is 84.9 Å². The van der Waals surface area contributed by atoms with Gasteiger partial charge in [-0.05, 0) is 36.4 Å². The Kier molecular flexibility index (Phi) is 2.89. The molecule has 0 saturated carbocycles. The number of hydrogen-bond donors (Lipinski definition) is 0. The molecule has 1 aliphatic heterocycles. The van der Waals surface area contributed by atoms with Gasteiger partial charge in [-0.15, -0.1) is 0 Å². The summed E-state index contributed by atoms with van der Waals surface area (Å²) in [6.45, 7) is 0. The lowest BCUT2D eigenvalue weighted by Gasteiger charge is -2.19. The lowest BCUT2D eigenvalue weighted by Crippen LogP contribution is -2.28. The maximum absolute atomic E-state index is 2.22. The van der Waals surface area contributed by atoms with E-state index >= 15 is 0 Å². The first-order valence-corrected chi connectivity index (χ1v) is 7.06. The highest BCUT2D eigenvalue weighted by molar-refractivity contribution is 6.55. The number of nitrogens with zero attached hydrogens (tertiary/aromatic N) is 2. The van der Waals surface area contributed by atoms with Gasteiger partial charge in [0.1, 0.15) is 0 Å². The van der Waals surface area contributed by atoms with Crippen LogP contribution in [0.5, 0.6) is 0 Å². The second kappa shape index (κ2) is 5.02. The fourth-order valence-electron chi connectivity index (χ4n) is 2.70. The van der Waals surface area contributed by atoms with Gasteiger partial charge >= 0.3 is 7.55 Å². The van der Waals surface area contributed by atoms with E-state index in [1.165, 1.54) is 22.7 Å². The van der Waals surface area contributed by atoms with E-state index in [0.29, 0.717) is 0 Å². The molecule has 3 heteroatoms. The average Bonchev–Trinajstić information content (AvgIpc) is 2.96. The molecule has 0 aliphatic carbocycles. The van der Waals surface area contributed by atoms with Gasteiger partial charge in [-0.1, -0.05) is 48.5 Å². The summed E-state index contributed by atoms with van der Waals surface area (Å²) in [6.07, 6.45) is 0. The summed E-state index contributed by atoms with van der Waals surface area (Å²) in [5.41, 5.74) is 4.74. The number of fused-ring (bicyclic) bond motifs is 1. The second-order valence-electron chi connectivity index (χ2n) is 5.02. The zero-order valence-corrected chi connectivity index (χ0v) is 11.6. The summed E-state index contributed by atoms with van der Waals surface area (Å²) >= 11 is 0. The minimum absolute atomic E-state index is 1.17. The summed E-state index contributed by atoms with van der Waals surface area (Å²) in [7, 11) is 2.15. The van der Waals surface area contributed by atoms with E-state index in [9.17, 15) is 0 Å². The lowest BCUT2D eigenvalue weighted by atomic mass is 10.0. The summed E-state index contributed by atoms with van der Waals surface area (Å²) in [5.74, 6) is 0. The molecule has 0 amide bonds. The summed E-state index contributed by atoms with van der Waals surface area (Å²) < 4.78 is 0. The molecule has 0 saturated heterocycles. The Morgan fingerprint density at radius 3 is 1.29 bits per heavy atom. The first kappa shape index (κ1) is 12.1. The predicted molar refractivity (Wildman–Crippen MR) is 89.4 cm³/mol. The van der Waals surface area contributed by atoms with Crippen molar-refractivity contribution < 1.29 is 0 Å². The van der Waals surface area contributed by atoms with Crippen molar-refractivity contribution in [3.8, 4) is 0 Å². The third-order valence-corrected chi connectivity index (χ3v) is 3.70. The Balaban J connectivity index is 1.81. The molecule has 0 bridgehead atoms. The zero-order chi connectivity index (χ0) is 14.1. The first-order chi connectivity index (χ1) is 10.4. The molecule has 0 N–H and O–H groups in total. The lowest BCUT2D eigenvalue weighted by molar-refractivity contribution is 1.43. The van der Waals surface area contributed by atoms with Crippen LogP contribution in [-0.4, -0.2) is 7.55 Å². The van der Waals surface area contributed by atoms with Crippen molar-refractivity contribution in [2.75, 3.05) is 9.62 Å². The molecule has 0 unspecified atom stereocenters. The van der Waals surface area contributed by atoms with Crippen LogP contribution in [0.3, 0.4) is 0 Å². The maximum atomic E-state index is 2.22. The van der Waals surface area contributed by atoms with Crippen molar-refractivity contribution in [3.05, 3.63) is 84.9 Å². The Morgan fingerprint density at radius 2 is 0.857 bits per heavy atom. The average molecular weight is 269 g/mol. The highest BCUT2D eigenvalue weighted by Gasteiger charge is 2.29. The van der Waals surface area contributed by atoms with Crippen molar-refractivity contribution in [3.63, 3.8) is 0 Å². The minimum atomic E-state index is 1.17. The van der Waals surface area contributed by atoms with Crippen molar-refractivity contribution in [1.82, 2.24) is 0 Å². The first-order valence-electron chi connectivity index (χ1n) is 7.06. The van der Waals surface area contributed by atoms with E-state index in [-0.39, 0.29) is 0 Å². The number of rotatable bonds is 2. The van der Waals surface area contributed by atoms with Crippen LogP contribution >= 0.6 is 0 Å². The Bertz CT molecular complexity index is 679. The largest absolute Gasteiger partial charge is 0.401 e. The Morgan fingerprint density at radius 1 is 0.476 bits per heavy atom. The van der Waals surface area contributed by atoms with E-state index < -0.39 is 0 Å². The topological polar surface area (TPSA) is 6.48 Å². The van der Waals surface area contributed by atoms with E-state index in [1.807, 2.05) is 12.1 Å². The molecule has 1 radical (unpaired) electrons. The predicted octanol–water partition coefficient (Wildman–Crippen LogP) is 4.51. The van der Waals surface area contributed by atoms with E-state index in [0.717, 1.165) is 0 Å². The van der Waals surface area contributed by atoms with Crippen LogP contribution in [0.1, 0.15) is 0 Å². The Labute approximate surface area is 125 Å². The Hall–Kier alpha value is -2.68. The molecule has 21 heavy (non-hydrogen) atoms. The van der Waals surface area contributed by atoms with Gasteiger partial charge in [-0.2, -0.15) is 0 Å². The molecule has 1 aliphatic rings. The number of hydrogen-bond acceptors (Lipinski definition) is 2. The molecule has 3 aromatic carbocycles. The molecular weight excluding hydrogens is 255 g/mol. The van der Waals surface area contributed by atoms with Crippen LogP contribution in [0.25, 0.3) is 0 Å².